The molecule has 7 nitrogen and oxygen atoms in total. The Labute approximate surface area is 237 Å². The summed E-state index contributed by atoms with van der Waals surface area (Å²) in [6, 6.07) is 12.4. The van der Waals surface area contributed by atoms with Crippen LogP contribution in [0.1, 0.15) is 49.7 Å². The van der Waals surface area contributed by atoms with Crippen LogP contribution < -0.4 is 14.8 Å². The van der Waals surface area contributed by atoms with Crippen molar-refractivity contribution in [2.45, 2.75) is 50.6 Å². The number of thioether (sulfide) groups is 1. The number of nitrogens with one attached hydrogen (secondary N) is 1. The van der Waals surface area contributed by atoms with Gasteiger partial charge in [0, 0.05) is 10.6 Å². The van der Waals surface area contributed by atoms with Gasteiger partial charge in [0.1, 0.15) is 0 Å². The Hall–Kier alpha value is -2.97. The van der Waals surface area contributed by atoms with E-state index in [4.69, 9.17) is 21.1 Å². The minimum atomic E-state index is -0.370. The Morgan fingerprint density at radius 3 is 2.44 bits per heavy atom. The third-order valence-corrected chi connectivity index (χ3v) is 9.72. The molecule has 5 aliphatic rings. The number of benzene rings is 2. The molecule has 1 N–H and O–H groups in total. The van der Waals surface area contributed by atoms with E-state index in [1.54, 1.807) is 42.5 Å². The molecule has 0 radical (unpaired) electrons. The van der Waals surface area contributed by atoms with Crippen molar-refractivity contribution < 1.29 is 23.9 Å². The predicted octanol–water partition coefficient (Wildman–Crippen LogP) is 6.05. The normalized spacial score (nSPS) is 28.3. The van der Waals surface area contributed by atoms with E-state index in [-0.39, 0.29) is 35.7 Å². The molecule has 1 saturated heterocycles. The average Bonchev–Trinajstić information content (AvgIpc) is 3.15. The highest BCUT2D eigenvalue weighted by molar-refractivity contribution is 8.18. The number of halogens is 1. The fourth-order valence-electron chi connectivity index (χ4n) is 7.22. The lowest BCUT2D eigenvalue weighted by atomic mass is 9.53. The van der Waals surface area contributed by atoms with Crippen molar-refractivity contribution in [1.82, 2.24) is 10.2 Å². The van der Waals surface area contributed by atoms with Gasteiger partial charge < -0.3 is 14.8 Å². The molecule has 1 heterocycles. The van der Waals surface area contributed by atoms with E-state index in [2.05, 4.69) is 5.32 Å². The molecular weight excluding hydrogens is 536 g/mol. The Kier molecular flexibility index (Phi) is 7.10. The average molecular weight is 567 g/mol. The van der Waals surface area contributed by atoms with E-state index in [0.717, 1.165) is 48.8 Å². The molecule has 0 aromatic heterocycles. The number of ether oxygens (including phenoxy) is 2. The molecule has 2 aromatic rings. The lowest BCUT2D eigenvalue weighted by Crippen LogP contribution is -2.60. The standard InChI is InChI=1S/C30H31ClN2O5S/c1-37-25-11-18(12-26-28(35)33(29(36)39-26)16-22-4-2-3-5-23(22)31)6-7-24(25)38-17-27(34)32-30-13-19-8-20(14-30)10-21(9-19)15-30/h2-7,11-12,19-21H,8-10,13-17H2,1H3,(H,32,34)/b26-12-. The molecule has 1 aliphatic heterocycles. The first-order valence-electron chi connectivity index (χ1n) is 13.4. The molecule has 39 heavy (non-hydrogen) atoms. The summed E-state index contributed by atoms with van der Waals surface area (Å²) in [5, 5.41) is 3.49. The molecule has 7 rings (SSSR count). The molecule has 0 spiro atoms. The summed E-state index contributed by atoms with van der Waals surface area (Å²) in [5.41, 5.74) is 1.33. The van der Waals surface area contributed by atoms with Crippen LogP contribution in [-0.2, 0) is 16.1 Å². The largest absolute Gasteiger partial charge is 0.493 e. The van der Waals surface area contributed by atoms with Crippen LogP contribution in [-0.4, -0.2) is 41.2 Å². The fourth-order valence-corrected chi connectivity index (χ4v) is 8.25. The summed E-state index contributed by atoms with van der Waals surface area (Å²) in [7, 11) is 1.53. The molecular formula is C30H31ClN2O5S. The van der Waals surface area contributed by atoms with Gasteiger partial charge in [-0.25, -0.2) is 0 Å². The number of rotatable bonds is 8. The quantitative estimate of drug-likeness (QED) is 0.392. The molecule has 4 bridgehead atoms. The third kappa shape index (κ3) is 5.41. The number of methoxy groups -OCH3 is 1. The summed E-state index contributed by atoms with van der Waals surface area (Å²) in [4.78, 5) is 39.9. The van der Waals surface area contributed by atoms with Crippen LogP contribution in [0, 0.1) is 17.8 Å². The molecule has 0 atom stereocenters. The molecule has 5 fully saturated rings. The van der Waals surface area contributed by atoms with Gasteiger partial charge in [-0.05, 0) is 103 Å². The lowest BCUT2D eigenvalue weighted by Gasteiger charge is -2.56. The molecule has 4 saturated carbocycles. The number of imide groups is 1. The smallest absolute Gasteiger partial charge is 0.293 e. The number of nitrogens with zero attached hydrogens (tertiary/aromatic N) is 1. The highest BCUT2D eigenvalue weighted by Gasteiger charge is 2.51. The monoisotopic (exact) mass is 566 g/mol. The van der Waals surface area contributed by atoms with Gasteiger partial charge in [-0.1, -0.05) is 35.9 Å². The first-order valence-corrected chi connectivity index (χ1v) is 14.6. The van der Waals surface area contributed by atoms with Crippen LogP contribution in [0.4, 0.5) is 4.79 Å². The summed E-state index contributed by atoms with van der Waals surface area (Å²) < 4.78 is 11.4. The van der Waals surface area contributed by atoms with Crippen molar-refractivity contribution in [3.8, 4) is 11.5 Å². The Morgan fingerprint density at radius 1 is 1.08 bits per heavy atom. The third-order valence-electron chi connectivity index (χ3n) is 8.45. The Bertz CT molecular complexity index is 1320. The summed E-state index contributed by atoms with van der Waals surface area (Å²) in [5.74, 6) is 2.68. The fraction of sp³-hybridized carbons (Fsp3) is 0.433. The van der Waals surface area contributed by atoms with Gasteiger partial charge in [-0.2, -0.15) is 0 Å². The van der Waals surface area contributed by atoms with Gasteiger partial charge >= 0.3 is 0 Å². The maximum atomic E-state index is 13.0. The molecule has 204 valence electrons. The van der Waals surface area contributed by atoms with Gasteiger partial charge in [0.25, 0.3) is 17.1 Å². The zero-order chi connectivity index (χ0) is 27.1. The highest BCUT2D eigenvalue weighted by atomic mass is 35.5. The minimum absolute atomic E-state index is 0.0576. The zero-order valence-electron chi connectivity index (χ0n) is 21.8. The van der Waals surface area contributed by atoms with E-state index in [0.29, 0.717) is 32.6 Å². The molecule has 3 amide bonds. The van der Waals surface area contributed by atoms with Crippen LogP contribution in [0.25, 0.3) is 6.08 Å². The van der Waals surface area contributed by atoms with Crippen molar-refractivity contribution in [2.75, 3.05) is 13.7 Å². The SMILES string of the molecule is COc1cc(/C=C2\SC(=O)N(Cc3ccccc3Cl)C2=O)ccc1OCC(=O)NC12CC3CC(CC(C3)C1)C2. The second-order valence-electron chi connectivity index (χ2n) is 11.3. The maximum absolute atomic E-state index is 13.0. The topological polar surface area (TPSA) is 84.9 Å². The molecule has 0 unspecified atom stereocenters. The Balaban J connectivity index is 1.09. The van der Waals surface area contributed by atoms with Crippen molar-refractivity contribution in [1.29, 1.82) is 0 Å². The van der Waals surface area contributed by atoms with Gasteiger partial charge in [0.05, 0.1) is 18.6 Å². The zero-order valence-corrected chi connectivity index (χ0v) is 23.4. The van der Waals surface area contributed by atoms with E-state index >= 15 is 0 Å². The van der Waals surface area contributed by atoms with Crippen molar-refractivity contribution in [3.05, 3.63) is 63.5 Å². The van der Waals surface area contributed by atoms with Crippen LogP contribution in [0.2, 0.25) is 5.02 Å². The lowest BCUT2D eigenvalue weighted by molar-refractivity contribution is -0.129. The number of hydrogen-bond acceptors (Lipinski definition) is 6. The summed E-state index contributed by atoms with van der Waals surface area (Å²) in [6.07, 6.45) is 8.89. The van der Waals surface area contributed by atoms with E-state index in [9.17, 15) is 14.4 Å². The minimum Gasteiger partial charge on any atom is -0.493 e. The summed E-state index contributed by atoms with van der Waals surface area (Å²) >= 11 is 7.11. The van der Waals surface area contributed by atoms with E-state index in [1.165, 1.54) is 31.3 Å². The van der Waals surface area contributed by atoms with Gasteiger partial charge in [-0.3, -0.25) is 19.3 Å². The predicted molar refractivity (Wildman–Crippen MR) is 151 cm³/mol. The number of hydrogen-bond donors (Lipinski definition) is 1. The first kappa shape index (κ1) is 26.3. The second-order valence-corrected chi connectivity index (χ2v) is 12.7. The Morgan fingerprint density at radius 2 is 1.77 bits per heavy atom. The van der Waals surface area contributed by atoms with Crippen LogP contribution >= 0.6 is 23.4 Å². The summed E-state index contributed by atoms with van der Waals surface area (Å²) in [6.45, 7) is 0.0293. The van der Waals surface area contributed by atoms with Crippen molar-refractivity contribution in [2.24, 2.45) is 17.8 Å². The van der Waals surface area contributed by atoms with Crippen LogP contribution in [0.15, 0.2) is 47.4 Å². The van der Waals surface area contributed by atoms with Gasteiger partial charge in [0.15, 0.2) is 18.1 Å². The van der Waals surface area contributed by atoms with E-state index < -0.39 is 0 Å². The van der Waals surface area contributed by atoms with E-state index in [1.807, 2.05) is 6.07 Å². The molecule has 2 aromatic carbocycles. The van der Waals surface area contributed by atoms with Gasteiger partial charge in [0.2, 0.25) is 0 Å². The van der Waals surface area contributed by atoms with Crippen molar-refractivity contribution in [3.63, 3.8) is 0 Å². The maximum Gasteiger partial charge on any atom is 0.293 e. The first-order chi connectivity index (χ1) is 18.8. The number of carbonyl (C=O) groups excluding carboxylic acids is 3. The number of carbonyl (C=O) groups is 3. The molecule has 9 heteroatoms. The molecule has 4 aliphatic carbocycles. The highest BCUT2D eigenvalue weighted by Crippen LogP contribution is 2.55. The number of amides is 3. The van der Waals surface area contributed by atoms with Crippen LogP contribution in [0.3, 0.4) is 0 Å². The van der Waals surface area contributed by atoms with Crippen molar-refractivity contribution >= 4 is 46.5 Å². The van der Waals surface area contributed by atoms with Gasteiger partial charge in [-0.15, -0.1) is 0 Å². The van der Waals surface area contributed by atoms with Crippen LogP contribution in [0.5, 0.6) is 11.5 Å². The second kappa shape index (κ2) is 10.5.